The molecule has 176 valence electrons. The second-order valence-corrected chi connectivity index (χ2v) is 8.28. The number of benzene rings is 1. The second kappa shape index (κ2) is 15.3. The highest BCUT2D eigenvalue weighted by molar-refractivity contribution is 14.0. The van der Waals surface area contributed by atoms with Crippen LogP contribution in [0.3, 0.4) is 0 Å². The van der Waals surface area contributed by atoms with Gasteiger partial charge in [0.2, 0.25) is 5.91 Å². The zero-order valence-corrected chi connectivity index (χ0v) is 21.9. The molecule has 2 rings (SSSR count). The van der Waals surface area contributed by atoms with E-state index >= 15 is 0 Å². The number of nitrogens with one attached hydrogen (secondary N) is 2. The minimum absolute atomic E-state index is 0. The number of carbonyl (C=O) groups is 1. The topological polar surface area (TPSA) is 69.2 Å². The van der Waals surface area contributed by atoms with E-state index in [-0.39, 0.29) is 36.4 Å². The fourth-order valence-corrected chi connectivity index (χ4v) is 3.37. The number of carbonyl (C=O) groups excluding carboxylic acids is 1. The van der Waals surface area contributed by atoms with Crippen molar-refractivity contribution in [2.24, 2.45) is 10.9 Å². The van der Waals surface area contributed by atoms with Crippen LogP contribution in [0.4, 0.5) is 0 Å². The van der Waals surface area contributed by atoms with E-state index < -0.39 is 0 Å². The number of hydrogen-bond donors (Lipinski definition) is 2. The van der Waals surface area contributed by atoms with Crippen LogP contribution < -0.4 is 15.4 Å². The molecule has 0 radical (unpaired) electrons. The molecule has 0 aliphatic carbocycles. The number of likely N-dealkylation sites (tertiary alicyclic amines) is 1. The van der Waals surface area contributed by atoms with E-state index in [1.165, 1.54) is 31.5 Å². The summed E-state index contributed by atoms with van der Waals surface area (Å²) in [7, 11) is 5.18. The summed E-state index contributed by atoms with van der Waals surface area (Å²) in [6.45, 7) is 7.60. The Kier molecular flexibility index (Phi) is 13.6. The van der Waals surface area contributed by atoms with Crippen LogP contribution in [0.5, 0.6) is 5.75 Å². The van der Waals surface area contributed by atoms with Crippen LogP contribution in [0.2, 0.25) is 0 Å². The summed E-state index contributed by atoms with van der Waals surface area (Å²) < 4.78 is 5.21. The van der Waals surface area contributed by atoms with Gasteiger partial charge in [-0.2, -0.15) is 0 Å². The molecule has 1 heterocycles. The molecule has 8 heteroatoms. The molecule has 1 fully saturated rings. The van der Waals surface area contributed by atoms with Crippen molar-refractivity contribution in [3.63, 3.8) is 0 Å². The Labute approximate surface area is 205 Å². The van der Waals surface area contributed by atoms with Crippen LogP contribution in [-0.2, 0) is 11.2 Å². The fourth-order valence-electron chi connectivity index (χ4n) is 3.37. The smallest absolute Gasteiger partial charge is 0.243 e. The van der Waals surface area contributed by atoms with Crippen molar-refractivity contribution in [2.45, 2.75) is 32.6 Å². The summed E-state index contributed by atoms with van der Waals surface area (Å²) in [6.07, 6.45) is 4.55. The van der Waals surface area contributed by atoms with Gasteiger partial charge in [-0.05, 0) is 68.9 Å². The Morgan fingerprint density at radius 2 is 1.81 bits per heavy atom. The average Bonchev–Trinajstić information content (AvgIpc) is 2.75. The molecule has 31 heavy (non-hydrogen) atoms. The molecule has 0 saturated carbocycles. The van der Waals surface area contributed by atoms with E-state index in [4.69, 9.17) is 4.74 Å². The number of hydrogen-bond acceptors (Lipinski definition) is 4. The van der Waals surface area contributed by atoms with Gasteiger partial charge < -0.3 is 25.2 Å². The minimum Gasteiger partial charge on any atom is -0.497 e. The zero-order valence-electron chi connectivity index (χ0n) is 19.5. The first kappa shape index (κ1) is 27.5. The van der Waals surface area contributed by atoms with Gasteiger partial charge in [0.15, 0.2) is 5.96 Å². The van der Waals surface area contributed by atoms with Crippen molar-refractivity contribution in [1.29, 1.82) is 0 Å². The highest BCUT2D eigenvalue weighted by Gasteiger charge is 2.14. The maximum Gasteiger partial charge on any atom is 0.243 e. The van der Waals surface area contributed by atoms with Gasteiger partial charge >= 0.3 is 0 Å². The molecule has 1 aliphatic rings. The number of halogens is 1. The predicted molar refractivity (Wildman–Crippen MR) is 139 cm³/mol. The summed E-state index contributed by atoms with van der Waals surface area (Å²) >= 11 is 0. The molecule has 1 aromatic carbocycles. The SMILES string of the molecule is COc1ccc(CCNC(=NCC(=O)N(C)C)NCCCN2CCC(C)CC2)cc1.I. The lowest BCUT2D eigenvalue weighted by atomic mass is 9.99. The Hall–Kier alpha value is -1.55. The van der Waals surface area contributed by atoms with Crippen LogP contribution >= 0.6 is 24.0 Å². The summed E-state index contributed by atoms with van der Waals surface area (Å²) in [5, 5.41) is 6.75. The van der Waals surface area contributed by atoms with E-state index in [0.717, 1.165) is 44.1 Å². The number of amides is 1. The maximum absolute atomic E-state index is 11.9. The van der Waals surface area contributed by atoms with Crippen LogP contribution in [0.1, 0.15) is 31.7 Å². The monoisotopic (exact) mass is 545 g/mol. The number of guanidine groups is 1. The minimum atomic E-state index is -0.00584. The average molecular weight is 546 g/mol. The molecular formula is C23H40IN5O2. The molecule has 1 aliphatic heterocycles. The van der Waals surface area contributed by atoms with Gasteiger partial charge in [-0.1, -0.05) is 19.1 Å². The first-order valence-electron chi connectivity index (χ1n) is 11.1. The standard InChI is InChI=1S/C23H39N5O2.HI/c1-19-11-16-28(17-12-19)15-5-13-24-23(26-18-22(29)27(2)3)25-14-10-20-6-8-21(30-4)9-7-20;/h6-9,19H,5,10-18H2,1-4H3,(H2,24,25,26);1H. The summed E-state index contributed by atoms with van der Waals surface area (Å²) in [5.74, 6) is 2.42. The quantitative estimate of drug-likeness (QED) is 0.205. The number of likely N-dealkylation sites (N-methyl/N-ethyl adjacent to an activating group) is 1. The van der Waals surface area contributed by atoms with Gasteiger partial charge in [-0.25, -0.2) is 4.99 Å². The lowest BCUT2D eigenvalue weighted by Crippen LogP contribution is -2.41. The van der Waals surface area contributed by atoms with Gasteiger partial charge in [0, 0.05) is 27.2 Å². The normalized spacial score (nSPS) is 15.2. The molecule has 0 spiro atoms. The molecule has 1 aromatic rings. The largest absolute Gasteiger partial charge is 0.497 e. The molecule has 1 amide bonds. The first-order valence-corrected chi connectivity index (χ1v) is 11.1. The molecular weight excluding hydrogens is 505 g/mol. The van der Waals surface area contributed by atoms with Crippen LogP contribution in [-0.4, -0.2) is 82.1 Å². The van der Waals surface area contributed by atoms with E-state index in [1.807, 2.05) is 12.1 Å². The Bertz CT molecular complexity index is 658. The Morgan fingerprint density at radius 1 is 1.16 bits per heavy atom. The van der Waals surface area contributed by atoms with Gasteiger partial charge in [-0.15, -0.1) is 24.0 Å². The van der Waals surface area contributed by atoms with Crippen molar-refractivity contribution < 1.29 is 9.53 Å². The third-order valence-corrected chi connectivity index (χ3v) is 5.56. The van der Waals surface area contributed by atoms with E-state index in [0.29, 0.717) is 5.96 Å². The molecule has 0 atom stereocenters. The summed E-state index contributed by atoms with van der Waals surface area (Å²) in [5.41, 5.74) is 1.23. The molecule has 0 aromatic heterocycles. The number of rotatable bonds is 10. The Balaban J connectivity index is 0.00000480. The lowest BCUT2D eigenvalue weighted by Gasteiger charge is -2.30. The van der Waals surface area contributed by atoms with Crippen molar-refractivity contribution in [2.75, 3.05) is 60.5 Å². The van der Waals surface area contributed by atoms with E-state index in [2.05, 4.69) is 39.6 Å². The van der Waals surface area contributed by atoms with Gasteiger partial charge in [0.05, 0.1) is 7.11 Å². The molecule has 0 bridgehead atoms. The molecule has 0 unspecified atom stereocenters. The van der Waals surface area contributed by atoms with Gasteiger partial charge in [-0.3, -0.25) is 4.79 Å². The van der Waals surface area contributed by atoms with Crippen LogP contribution in [0.15, 0.2) is 29.3 Å². The highest BCUT2D eigenvalue weighted by atomic mass is 127. The first-order chi connectivity index (χ1) is 14.5. The molecule has 2 N–H and O–H groups in total. The lowest BCUT2D eigenvalue weighted by molar-refractivity contribution is -0.127. The van der Waals surface area contributed by atoms with E-state index in [9.17, 15) is 4.79 Å². The number of nitrogens with zero attached hydrogens (tertiary/aromatic N) is 3. The van der Waals surface area contributed by atoms with Crippen molar-refractivity contribution in [3.05, 3.63) is 29.8 Å². The Morgan fingerprint density at radius 3 is 2.42 bits per heavy atom. The van der Waals surface area contributed by atoms with E-state index in [1.54, 1.807) is 26.1 Å². The van der Waals surface area contributed by atoms with Crippen LogP contribution in [0.25, 0.3) is 0 Å². The van der Waals surface area contributed by atoms with Gasteiger partial charge in [0.1, 0.15) is 12.3 Å². The summed E-state index contributed by atoms with van der Waals surface area (Å²) in [4.78, 5) is 20.5. The van der Waals surface area contributed by atoms with Crippen LogP contribution in [0, 0.1) is 5.92 Å². The second-order valence-electron chi connectivity index (χ2n) is 8.28. The van der Waals surface area contributed by atoms with Crippen molar-refractivity contribution in [1.82, 2.24) is 20.4 Å². The number of piperidine rings is 1. The highest BCUT2D eigenvalue weighted by Crippen LogP contribution is 2.15. The number of ether oxygens (including phenoxy) is 1. The number of methoxy groups -OCH3 is 1. The predicted octanol–water partition coefficient (Wildman–Crippen LogP) is 2.60. The number of aliphatic imine (C=N–C) groups is 1. The maximum atomic E-state index is 11.9. The van der Waals surface area contributed by atoms with Gasteiger partial charge in [0.25, 0.3) is 0 Å². The van der Waals surface area contributed by atoms with Crippen molar-refractivity contribution >= 4 is 35.8 Å². The molecule has 7 nitrogen and oxygen atoms in total. The third-order valence-electron chi connectivity index (χ3n) is 5.56. The fraction of sp³-hybridized carbons (Fsp3) is 0.652. The summed E-state index contributed by atoms with van der Waals surface area (Å²) in [6, 6.07) is 8.08. The third kappa shape index (κ3) is 11.0. The molecule has 1 saturated heterocycles. The van der Waals surface area contributed by atoms with Crippen molar-refractivity contribution in [3.8, 4) is 5.75 Å². The zero-order chi connectivity index (χ0) is 21.8.